The number of anilines is 1. The zero-order valence-corrected chi connectivity index (χ0v) is 18.4. The van der Waals surface area contributed by atoms with Crippen LogP contribution in [-0.4, -0.2) is 51.8 Å². The average Bonchev–Trinajstić information content (AvgIpc) is 3.28. The van der Waals surface area contributed by atoms with E-state index in [2.05, 4.69) is 29.1 Å². The number of rotatable bonds is 6. The van der Waals surface area contributed by atoms with Gasteiger partial charge in [-0.2, -0.15) is 5.10 Å². The van der Waals surface area contributed by atoms with Gasteiger partial charge in [-0.25, -0.2) is 4.68 Å². The van der Waals surface area contributed by atoms with Crippen LogP contribution in [0.5, 0.6) is 0 Å². The first kappa shape index (κ1) is 22.0. The van der Waals surface area contributed by atoms with Gasteiger partial charge in [0.15, 0.2) is 0 Å². The third-order valence-electron chi connectivity index (χ3n) is 6.15. The lowest BCUT2D eigenvalue weighted by Gasteiger charge is -2.37. The molecule has 0 saturated carbocycles. The van der Waals surface area contributed by atoms with Crippen LogP contribution in [0.15, 0.2) is 61.5 Å². The molecule has 2 aliphatic heterocycles. The molecule has 0 radical (unpaired) electrons. The highest BCUT2D eigenvalue weighted by Gasteiger charge is 2.29. The number of aromatic nitrogens is 2. The molecule has 2 amide bonds. The fourth-order valence-electron chi connectivity index (χ4n) is 4.36. The van der Waals surface area contributed by atoms with Crippen LogP contribution in [-0.2, 0) is 9.53 Å². The molecule has 2 aromatic rings. The van der Waals surface area contributed by atoms with Crippen molar-refractivity contribution in [1.82, 2.24) is 14.7 Å². The molecular weight excluding hydrogens is 404 g/mol. The van der Waals surface area contributed by atoms with Crippen LogP contribution in [0.25, 0.3) is 5.69 Å². The SMILES string of the molecule is C=CC[C@@H]1CC=C[C@@H](C)N1C(=O)c1ccc(-n2cc(NC(=O)C3CCOCC3)cn2)cc1. The van der Waals surface area contributed by atoms with Gasteiger partial charge in [-0.05, 0) is 56.9 Å². The summed E-state index contributed by atoms with van der Waals surface area (Å²) in [6.45, 7) is 7.13. The molecule has 1 fully saturated rings. The molecular formula is C25H30N4O3. The third kappa shape index (κ3) is 4.83. The van der Waals surface area contributed by atoms with Gasteiger partial charge < -0.3 is 15.0 Å². The van der Waals surface area contributed by atoms with Gasteiger partial charge >= 0.3 is 0 Å². The number of nitrogens with zero attached hydrogens (tertiary/aromatic N) is 3. The van der Waals surface area contributed by atoms with Gasteiger partial charge in [0.1, 0.15) is 0 Å². The number of benzene rings is 1. The summed E-state index contributed by atoms with van der Waals surface area (Å²) < 4.78 is 7.01. The topological polar surface area (TPSA) is 76.5 Å². The van der Waals surface area contributed by atoms with Crippen molar-refractivity contribution in [3.8, 4) is 5.69 Å². The van der Waals surface area contributed by atoms with Crippen molar-refractivity contribution >= 4 is 17.5 Å². The summed E-state index contributed by atoms with van der Waals surface area (Å²) in [7, 11) is 0. The zero-order valence-electron chi connectivity index (χ0n) is 18.4. The molecule has 32 heavy (non-hydrogen) atoms. The highest BCUT2D eigenvalue weighted by molar-refractivity contribution is 5.95. The number of amides is 2. The molecule has 1 aromatic heterocycles. The maximum Gasteiger partial charge on any atom is 0.254 e. The van der Waals surface area contributed by atoms with E-state index in [-0.39, 0.29) is 29.8 Å². The second kappa shape index (κ2) is 9.96. The summed E-state index contributed by atoms with van der Waals surface area (Å²) in [5.41, 5.74) is 2.12. The summed E-state index contributed by atoms with van der Waals surface area (Å²) in [6, 6.07) is 7.58. The Kier molecular flexibility index (Phi) is 6.85. The smallest absolute Gasteiger partial charge is 0.254 e. The van der Waals surface area contributed by atoms with Crippen LogP contribution in [0, 0.1) is 5.92 Å². The second-order valence-corrected chi connectivity index (χ2v) is 8.39. The van der Waals surface area contributed by atoms with Crippen LogP contribution in [0.3, 0.4) is 0 Å². The Hall–Kier alpha value is -3.19. The van der Waals surface area contributed by atoms with E-state index < -0.39 is 0 Å². The maximum atomic E-state index is 13.2. The van der Waals surface area contributed by atoms with Crippen LogP contribution < -0.4 is 5.32 Å². The first-order valence-corrected chi connectivity index (χ1v) is 11.2. The van der Waals surface area contributed by atoms with E-state index in [1.165, 1.54) is 0 Å². The summed E-state index contributed by atoms with van der Waals surface area (Å²) in [4.78, 5) is 27.6. The molecule has 168 valence electrons. The monoisotopic (exact) mass is 434 g/mol. The van der Waals surface area contributed by atoms with Crippen molar-refractivity contribution < 1.29 is 14.3 Å². The normalized spacial score (nSPS) is 21.3. The molecule has 3 heterocycles. The van der Waals surface area contributed by atoms with Gasteiger partial charge in [-0.15, -0.1) is 6.58 Å². The van der Waals surface area contributed by atoms with Crippen LogP contribution in [0.4, 0.5) is 5.69 Å². The highest BCUT2D eigenvalue weighted by Crippen LogP contribution is 2.24. The van der Waals surface area contributed by atoms with Crippen molar-refractivity contribution in [2.24, 2.45) is 5.92 Å². The minimum atomic E-state index is -0.0191. The molecule has 2 atom stereocenters. The predicted molar refractivity (Wildman–Crippen MR) is 124 cm³/mol. The number of nitrogens with one attached hydrogen (secondary N) is 1. The van der Waals surface area contributed by atoms with E-state index in [4.69, 9.17) is 4.74 Å². The Balaban J connectivity index is 1.43. The Morgan fingerprint density at radius 3 is 2.72 bits per heavy atom. The number of ether oxygens (including phenoxy) is 1. The van der Waals surface area contributed by atoms with E-state index in [0.29, 0.717) is 24.5 Å². The van der Waals surface area contributed by atoms with Crippen LogP contribution in [0.2, 0.25) is 0 Å². The van der Waals surface area contributed by atoms with E-state index in [0.717, 1.165) is 31.4 Å². The van der Waals surface area contributed by atoms with E-state index >= 15 is 0 Å². The van der Waals surface area contributed by atoms with Crippen molar-refractivity contribution in [2.75, 3.05) is 18.5 Å². The van der Waals surface area contributed by atoms with Crippen LogP contribution >= 0.6 is 0 Å². The van der Waals surface area contributed by atoms with Gasteiger partial charge in [0.25, 0.3) is 5.91 Å². The zero-order chi connectivity index (χ0) is 22.5. The lowest BCUT2D eigenvalue weighted by molar-refractivity contribution is -0.122. The van der Waals surface area contributed by atoms with Crippen molar-refractivity contribution in [1.29, 1.82) is 0 Å². The number of carbonyl (C=O) groups excluding carboxylic acids is 2. The summed E-state index contributed by atoms with van der Waals surface area (Å²) >= 11 is 0. The minimum absolute atomic E-state index is 0.00701. The summed E-state index contributed by atoms with van der Waals surface area (Å²) in [6.07, 6.45) is 12.6. The molecule has 7 nitrogen and oxygen atoms in total. The van der Waals surface area contributed by atoms with E-state index in [9.17, 15) is 9.59 Å². The second-order valence-electron chi connectivity index (χ2n) is 8.39. The quantitative estimate of drug-likeness (QED) is 0.698. The molecule has 0 aliphatic carbocycles. The van der Waals surface area contributed by atoms with Gasteiger partial charge in [0, 0.05) is 36.8 Å². The molecule has 0 bridgehead atoms. The largest absolute Gasteiger partial charge is 0.381 e. The van der Waals surface area contributed by atoms with E-state index in [1.54, 1.807) is 17.1 Å². The first-order chi connectivity index (χ1) is 15.6. The summed E-state index contributed by atoms with van der Waals surface area (Å²) in [5.74, 6) is 0.00652. The van der Waals surface area contributed by atoms with Crippen LogP contribution in [0.1, 0.15) is 43.0 Å². The van der Waals surface area contributed by atoms with Crippen molar-refractivity contribution in [3.05, 3.63) is 67.0 Å². The Morgan fingerprint density at radius 1 is 1.25 bits per heavy atom. The van der Waals surface area contributed by atoms with Gasteiger partial charge in [0.2, 0.25) is 5.91 Å². The molecule has 2 aliphatic rings. The molecule has 0 spiro atoms. The molecule has 1 N–H and O–H groups in total. The fourth-order valence-corrected chi connectivity index (χ4v) is 4.36. The van der Waals surface area contributed by atoms with Gasteiger partial charge in [-0.1, -0.05) is 18.2 Å². The molecule has 7 heteroatoms. The average molecular weight is 435 g/mol. The number of hydrogen-bond donors (Lipinski definition) is 1. The van der Waals surface area contributed by atoms with Gasteiger partial charge in [0.05, 0.1) is 23.8 Å². The number of carbonyl (C=O) groups is 2. The maximum absolute atomic E-state index is 13.2. The lowest BCUT2D eigenvalue weighted by atomic mass is 9.99. The highest BCUT2D eigenvalue weighted by atomic mass is 16.5. The molecule has 0 unspecified atom stereocenters. The Morgan fingerprint density at radius 2 is 2.00 bits per heavy atom. The standard InChI is InChI=1S/C25H30N4O3/c1-3-5-23-7-4-6-18(2)29(23)25(31)20-8-10-22(11-9-20)28-17-21(16-26-28)27-24(30)19-12-14-32-15-13-19/h3-4,6,8-11,16-19,23H,1,5,7,12-15H2,2H3,(H,27,30)/t18-,23-/m1/s1. The molecule has 4 rings (SSSR count). The van der Waals surface area contributed by atoms with Crippen molar-refractivity contribution in [2.45, 2.75) is 44.7 Å². The number of hydrogen-bond acceptors (Lipinski definition) is 4. The Bertz CT molecular complexity index is 989. The molecule has 1 aromatic carbocycles. The molecule has 1 saturated heterocycles. The predicted octanol–water partition coefficient (Wildman–Crippen LogP) is 3.97. The van der Waals surface area contributed by atoms with E-state index in [1.807, 2.05) is 42.2 Å². The lowest BCUT2D eigenvalue weighted by Crippen LogP contribution is -2.46. The first-order valence-electron chi connectivity index (χ1n) is 11.2. The van der Waals surface area contributed by atoms with Gasteiger partial charge in [-0.3, -0.25) is 9.59 Å². The fraction of sp³-hybridized carbons (Fsp3) is 0.400. The summed E-state index contributed by atoms with van der Waals surface area (Å²) in [5, 5.41) is 7.30. The van der Waals surface area contributed by atoms with Crippen molar-refractivity contribution in [3.63, 3.8) is 0 Å². The Labute approximate surface area is 188 Å². The minimum Gasteiger partial charge on any atom is -0.381 e. The third-order valence-corrected chi connectivity index (χ3v) is 6.15.